The Labute approximate surface area is 163 Å². The highest BCUT2D eigenvalue weighted by Crippen LogP contribution is 2.27. The molecule has 29 heavy (non-hydrogen) atoms. The normalized spacial score (nSPS) is 17.0. The zero-order valence-corrected chi connectivity index (χ0v) is 15.7. The van der Waals surface area contributed by atoms with E-state index in [4.69, 9.17) is 14.0 Å². The predicted octanol–water partition coefficient (Wildman–Crippen LogP) is 1.99. The number of para-hydroxylation sites is 1. The molecule has 150 valence electrons. The Hall–Kier alpha value is -3.11. The molecule has 1 aromatic carbocycles. The molecular formula is C19H18FN5O4. The molecule has 5 rings (SSSR count). The van der Waals surface area contributed by atoms with E-state index in [2.05, 4.69) is 15.1 Å². The number of nitrogens with zero attached hydrogens (tertiary/aromatic N) is 5. The van der Waals surface area contributed by atoms with Crippen molar-refractivity contribution in [1.29, 1.82) is 0 Å². The Morgan fingerprint density at radius 2 is 2.24 bits per heavy atom. The maximum atomic E-state index is 14.6. The van der Waals surface area contributed by atoms with Crippen LogP contribution in [0.25, 0.3) is 28.1 Å². The predicted molar refractivity (Wildman–Crippen MR) is 100 cm³/mol. The Morgan fingerprint density at radius 1 is 1.34 bits per heavy atom. The first kappa shape index (κ1) is 18.0. The Kier molecular flexibility index (Phi) is 4.36. The van der Waals surface area contributed by atoms with Crippen molar-refractivity contribution in [3.8, 4) is 11.5 Å². The smallest absolute Gasteiger partial charge is 0.277 e. The average Bonchev–Trinajstić information content (AvgIpc) is 3.47. The van der Waals surface area contributed by atoms with Crippen LogP contribution in [0.1, 0.15) is 18.2 Å². The number of rotatable bonds is 5. The van der Waals surface area contributed by atoms with E-state index in [1.54, 1.807) is 16.5 Å². The highest BCUT2D eigenvalue weighted by atomic mass is 19.1. The lowest BCUT2D eigenvalue weighted by Crippen LogP contribution is -2.25. The highest BCUT2D eigenvalue weighted by Gasteiger charge is 2.26. The zero-order valence-electron chi connectivity index (χ0n) is 15.7. The van der Waals surface area contributed by atoms with Crippen LogP contribution in [0, 0.1) is 5.82 Å². The van der Waals surface area contributed by atoms with Gasteiger partial charge >= 0.3 is 0 Å². The van der Waals surface area contributed by atoms with Crippen molar-refractivity contribution >= 4 is 16.6 Å². The van der Waals surface area contributed by atoms with Crippen LogP contribution in [-0.2, 0) is 16.0 Å². The van der Waals surface area contributed by atoms with E-state index in [1.807, 2.05) is 0 Å². The number of imidazole rings is 1. The fourth-order valence-corrected chi connectivity index (χ4v) is 3.72. The summed E-state index contributed by atoms with van der Waals surface area (Å²) in [6.07, 6.45) is 2.28. The van der Waals surface area contributed by atoms with Crippen LogP contribution in [0.15, 0.2) is 33.8 Å². The lowest BCUT2D eigenvalue weighted by atomic mass is 10.1. The zero-order chi connectivity index (χ0) is 20.0. The van der Waals surface area contributed by atoms with E-state index in [0.29, 0.717) is 30.3 Å². The summed E-state index contributed by atoms with van der Waals surface area (Å²) in [7, 11) is 1.53. The van der Waals surface area contributed by atoms with E-state index < -0.39 is 11.4 Å². The van der Waals surface area contributed by atoms with Crippen molar-refractivity contribution < 1.29 is 18.4 Å². The quantitative estimate of drug-likeness (QED) is 0.506. The van der Waals surface area contributed by atoms with Crippen LogP contribution in [0.2, 0.25) is 0 Å². The SMILES string of the molecule is COCCn1c(=O)c2c(-c3noc(C4CCOC4)n3)ncn2c2cccc(F)c21. The first-order valence-corrected chi connectivity index (χ1v) is 9.27. The molecule has 10 heteroatoms. The summed E-state index contributed by atoms with van der Waals surface area (Å²) < 4.78 is 33.4. The molecule has 0 saturated carbocycles. The molecule has 0 aliphatic carbocycles. The largest absolute Gasteiger partial charge is 0.383 e. The third-order valence-electron chi connectivity index (χ3n) is 5.16. The van der Waals surface area contributed by atoms with Crippen molar-refractivity contribution in [2.75, 3.05) is 26.9 Å². The summed E-state index contributed by atoms with van der Waals surface area (Å²) in [6.45, 7) is 1.64. The van der Waals surface area contributed by atoms with Gasteiger partial charge in [-0.1, -0.05) is 11.2 Å². The summed E-state index contributed by atoms with van der Waals surface area (Å²) in [5, 5.41) is 4.02. The average molecular weight is 399 g/mol. The molecule has 3 aromatic heterocycles. The van der Waals surface area contributed by atoms with E-state index in [1.165, 1.54) is 24.1 Å². The van der Waals surface area contributed by atoms with Crippen molar-refractivity contribution in [3.05, 3.63) is 46.6 Å². The van der Waals surface area contributed by atoms with E-state index in [9.17, 15) is 9.18 Å². The van der Waals surface area contributed by atoms with Gasteiger partial charge in [0.15, 0.2) is 0 Å². The number of methoxy groups -OCH3 is 1. The number of ether oxygens (including phenoxy) is 2. The molecule has 0 radical (unpaired) electrons. The van der Waals surface area contributed by atoms with Gasteiger partial charge in [0.25, 0.3) is 5.56 Å². The van der Waals surface area contributed by atoms with Gasteiger partial charge in [-0.2, -0.15) is 4.98 Å². The topological polar surface area (TPSA) is 96.7 Å². The summed E-state index contributed by atoms with van der Waals surface area (Å²) in [5.74, 6) is 0.236. The number of benzene rings is 1. The summed E-state index contributed by atoms with van der Waals surface area (Å²) in [5.41, 5.74) is 0.864. The maximum Gasteiger partial charge on any atom is 0.277 e. The summed E-state index contributed by atoms with van der Waals surface area (Å²) in [6, 6.07) is 4.65. The Balaban J connectivity index is 1.73. The van der Waals surface area contributed by atoms with Crippen LogP contribution in [0.3, 0.4) is 0 Å². The molecule has 1 unspecified atom stereocenters. The minimum absolute atomic E-state index is 0.0402. The lowest BCUT2D eigenvalue weighted by Gasteiger charge is -2.12. The molecular weight excluding hydrogens is 381 g/mol. The van der Waals surface area contributed by atoms with Crippen LogP contribution >= 0.6 is 0 Å². The number of aromatic nitrogens is 5. The second kappa shape index (κ2) is 7.05. The standard InChI is InChI=1S/C19H18FN5O4/c1-27-8-6-24-15-12(20)3-2-4-13(15)25-10-21-14(16(25)19(24)26)17-22-18(29-23-17)11-5-7-28-9-11/h2-4,10-11H,5-9H2,1H3. The fourth-order valence-electron chi connectivity index (χ4n) is 3.72. The molecule has 1 aliphatic heterocycles. The van der Waals surface area contributed by atoms with E-state index >= 15 is 0 Å². The molecule has 1 fully saturated rings. The number of hydrogen-bond donors (Lipinski definition) is 0. The highest BCUT2D eigenvalue weighted by molar-refractivity contribution is 5.83. The monoisotopic (exact) mass is 399 g/mol. The van der Waals surface area contributed by atoms with Crippen molar-refractivity contribution in [2.45, 2.75) is 18.9 Å². The van der Waals surface area contributed by atoms with E-state index in [-0.39, 0.29) is 35.9 Å². The van der Waals surface area contributed by atoms with Gasteiger partial charge < -0.3 is 18.6 Å². The second-order valence-corrected chi connectivity index (χ2v) is 6.89. The molecule has 0 bridgehead atoms. The van der Waals surface area contributed by atoms with Crippen LogP contribution in [0.5, 0.6) is 0 Å². The Morgan fingerprint density at radius 3 is 3.03 bits per heavy atom. The molecule has 9 nitrogen and oxygen atoms in total. The first-order chi connectivity index (χ1) is 14.2. The number of halogens is 1. The fraction of sp³-hybridized carbons (Fsp3) is 0.368. The van der Waals surface area contributed by atoms with Gasteiger partial charge in [0, 0.05) is 20.3 Å². The molecule has 0 N–H and O–H groups in total. The molecule has 4 heterocycles. The second-order valence-electron chi connectivity index (χ2n) is 6.89. The third-order valence-corrected chi connectivity index (χ3v) is 5.16. The van der Waals surface area contributed by atoms with Gasteiger partial charge in [-0.05, 0) is 18.6 Å². The van der Waals surface area contributed by atoms with Crippen LogP contribution in [-0.4, -0.2) is 51.0 Å². The number of fused-ring (bicyclic) bond motifs is 3. The van der Waals surface area contributed by atoms with Gasteiger partial charge in [-0.25, -0.2) is 9.37 Å². The van der Waals surface area contributed by atoms with Crippen molar-refractivity contribution in [3.63, 3.8) is 0 Å². The molecule has 1 atom stereocenters. The minimum Gasteiger partial charge on any atom is -0.383 e. The van der Waals surface area contributed by atoms with Gasteiger partial charge in [0.2, 0.25) is 11.7 Å². The molecule has 1 aliphatic rings. The Bertz CT molecular complexity index is 1250. The molecule has 0 amide bonds. The first-order valence-electron chi connectivity index (χ1n) is 9.27. The number of hydrogen-bond acceptors (Lipinski definition) is 7. The maximum absolute atomic E-state index is 14.6. The molecule has 0 spiro atoms. The summed E-state index contributed by atoms with van der Waals surface area (Å²) >= 11 is 0. The van der Waals surface area contributed by atoms with E-state index in [0.717, 1.165) is 6.42 Å². The summed E-state index contributed by atoms with van der Waals surface area (Å²) in [4.78, 5) is 22.1. The lowest BCUT2D eigenvalue weighted by molar-refractivity contribution is 0.187. The van der Waals surface area contributed by atoms with Gasteiger partial charge in [0.1, 0.15) is 28.9 Å². The van der Waals surface area contributed by atoms with Gasteiger partial charge in [-0.3, -0.25) is 9.20 Å². The third kappa shape index (κ3) is 2.83. The van der Waals surface area contributed by atoms with Crippen molar-refractivity contribution in [1.82, 2.24) is 24.1 Å². The van der Waals surface area contributed by atoms with Crippen LogP contribution < -0.4 is 5.56 Å². The van der Waals surface area contributed by atoms with Crippen LogP contribution in [0.4, 0.5) is 4.39 Å². The van der Waals surface area contributed by atoms with Gasteiger partial charge in [0.05, 0.1) is 24.6 Å². The molecule has 4 aromatic rings. The minimum atomic E-state index is -0.490. The van der Waals surface area contributed by atoms with Gasteiger partial charge in [-0.15, -0.1) is 0 Å². The molecule has 1 saturated heterocycles. The van der Waals surface area contributed by atoms with Crippen molar-refractivity contribution in [2.24, 2.45) is 0 Å².